The van der Waals surface area contributed by atoms with Crippen LogP contribution in [-0.2, 0) is 19.1 Å². The predicted molar refractivity (Wildman–Crippen MR) is 68.9 cm³/mol. The van der Waals surface area contributed by atoms with Crippen molar-refractivity contribution in [2.24, 2.45) is 17.8 Å². The number of rotatable bonds is 3. The number of fused-ring (bicyclic) bond motifs is 2. The van der Waals surface area contributed by atoms with Crippen LogP contribution in [0.1, 0.15) is 40.0 Å². The number of hydrogen-bond donors (Lipinski definition) is 0. The number of hydrogen-bond acceptors (Lipinski definition) is 4. The van der Waals surface area contributed by atoms with Crippen LogP contribution in [0.2, 0.25) is 0 Å². The summed E-state index contributed by atoms with van der Waals surface area (Å²) in [6, 6.07) is 0. The molecule has 5 atom stereocenters. The van der Waals surface area contributed by atoms with Crippen LogP contribution in [0.4, 0.5) is 0 Å². The van der Waals surface area contributed by atoms with Gasteiger partial charge in [-0.3, -0.25) is 9.59 Å². The zero-order chi connectivity index (χ0) is 14.2. The van der Waals surface area contributed by atoms with E-state index in [1.807, 2.05) is 13.8 Å². The third-order valence-corrected chi connectivity index (χ3v) is 4.10. The summed E-state index contributed by atoms with van der Waals surface area (Å²) in [6.45, 7) is 5.68. The Morgan fingerprint density at radius 2 is 2.32 bits per heavy atom. The predicted octanol–water partition coefficient (Wildman–Crippen LogP) is 1.92. The molecule has 2 fully saturated rings. The van der Waals surface area contributed by atoms with Crippen LogP contribution in [-0.4, -0.2) is 23.6 Å². The maximum absolute atomic E-state index is 12.2. The lowest BCUT2D eigenvalue weighted by Gasteiger charge is -2.35. The summed E-state index contributed by atoms with van der Waals surface area (Å²) in [5, 5.41) is 0. The first-order valence-electron chi connectivity index (χ1n) is 6.73. The van der Waals surface area contributed by atoms with E-state index in [0.717, 1.165) is 0 Å². The first-order valence-corrected chi connectivity index (χ1v) is 6.73. The van der Waals surface area contributed by atoms with Gasteiger partial charge in [-0.15, -0.1) is 12.3 Å². The largest absolute Gasteiger partial charge is 0.461 e. The first kappa shape index (κ1) is 13.9. The molecule has 1 saturated carbocycles. The molecule has 4 heteroatoms. The molecule has 0 unspecified atom stereocenters. The maximum atomic E-state index is 12.2. The number of esters is 2. The van der Waals surface area contributed by atoms with Crippen molar-refractivity contribution in [3.63, 3.8) is 0 Å². The average Bonchev–Trinajstić information content (AvgIpc) is 2.49. The smallest absolute Gasteiger partial charge is 0.310 e. The highest BCUT2D eigenvalue weighted by atomic mass is 16.6. The Balaban J connectivity index is 2.09. The summed E-state index contributed by atoms with van der Waals surface area (Å²) in [4.78, 5) is 24.1. The van der Waals surface area contributed by atoms with Gasteiger partial charge in [0.2, 0.25) is 0 Å². The van der Waals surface area contributed by atoms with Gasteiger partial charge in [-0.2, -0.15) is 0 Å². The van der Waals surface area contributed by atoms with Crippen molar-refractivity contribution in [2.45, 2.75) is 51.7 Å². The molecule has 0 amide bonds. The fraction of sp³-hybridized carbons (Fsp3) is 0.733. The normalized spacial score (nSPS) is 38.2. The number of ether oxygens (including phenoxy) is 2. The number of carbonyl (C=O) groups is 2. The molecule has 0 radical (unpaired) electrons. The summed E-state index contributed by atoms with van der Waals surface area (Å²) in [5.74, 6) is 1.21. The molecule has 19 heavy (non-hydrogen) atoms. The monoisotopic (exact) mass is 264 g/mol. The Kier molecular flexibility index (Phi) is 3.58. The molecule has 1 aliphatic carbocycles. The van der Waals surface area contributed by atoms with E-state index in [9.17, 15) is 9.59 Å². The van der Waals surface area contributed by atoms with Crippen LogP contribution >= 0.6 is 0 Å². The van der Waals surface area contributed by atoms with Gasteiger partial charge in [0.1, 0.15) is 11.7 Å². The van der Waals surface area contributed by atoms with E-state index >= 15 is 0 Å². The van der Waals surface area contributed by atoms with Crippen molar-refractivity contribution in [3.05, 3.63) is 0 Å². The molecule has 2 rings (SSSR count). The van der Waals surface area contributed by atoms with E-state index in [4.69, 9.17) is 15.9 Å². The van der Waals surface area contributed by atoms with E-state index in [0.29, 0.717) is 19.3 Å². The molecular weight excluding hydrogens is 244 g/mol. The fourth-order valence-corrected chi connectivity index (χ4v) is 3.39. The molecule has 1 saturated heterocycles. The topological polar surface area (TPSA) is 52.6 Å². The molecule has 0 N–H and O–H groups in total. The molecule has 0 spiro atoms. The first-order chi connectivity index (χ1) is 8.86. The second kappa shape index (κ2) is 4.88. The SMILES string of the molecule is C#CC[C@@H](C)OC(=O)[C@H]1[C@@H]2C[C@](C)(C[C@@H]1C)OC2=O. The van der Waals surface area contributed by atoms with E-state index in [1.54, 1.807) is 6.92 Å². The molecule has 1 aliphatic heterocycles. The minimum Gasteiger partial charge on any atom is -0.461 e. The van der Waals surface area contributed by atoms with Crippen molar-refractivity contribution in [3.8, 4) is 12.3 Å². The van der Waals surface area contributed by atoms with Gasteiger partial charge in [-0.25, -0.2) is 0 Å². The second-order valence-corrected chi connectivity index (χ2v) is 6.04. The molecule has 0 aromatic rings. The van der Waals surface area contributed by atoms with Gasteiger partial charge < -0.3 is 9.47 Å². The summed E-state index contributed by atoms with van der Waals surface area (Å²) >= 11 is 0. The molecule has 2 aliphatic rings. The average molecular weight is 264 g/mol. The van der Waals surface area contributed by atoms with Gasteiger partial charge in [0.25, 0.3) is 0 Å². The van der Waals surface area contributed by atoms with Crippen LogP contribution in [0.5, 0.6) is 0 Å². The van der Waals surface area contributed by atoms with Gasteiger partial charge >= 0.3 is 11.9 Å². The van der Waals surface area contributed by atoms with Gasteiger partial charge in [0.05, 0.1) is 11.8 Å². The lowest BCUT2D eigenvalue weighted by atomic mass is 9.69. The minimum atomic E-state index is -0.400. The van der Waals surface area contributed by atoms with Crippen LogP contribution in [0.25, 0.3) is 0 Å². The summed E-state index contributed by atoms with van der Waals surface area (Å²) in [7, 11) is 0. The van der Waals surface area contributed by atoms with Crippen molar-refractivity contribution in [1.82, 2.24) is 0 Å². The molecule has 4 nitrogen and oxygen atoms in total. The van der Waals surface area contributed by atoms with Crippen molar-refractivity contribution in [2.75, 3.05) is 0 Å². The van der Waals surface area contributed by atoms with Crippen LogP contribution in [0.3, 0.4) is 0 Å². The van der Waals surface area contributed by atoms with Crippen molar-refractivity contribution in [1.29, 1.82) is 0 Å². The van der Waals surface area contributed by atoms with Gasteiger partial charge in [-0.05, 0) is 26.2 Å². The zero-order valence-electron chi connectivity index (χ0n) is 11.6. The Labute approximate surface area is 113 Å². The summed E-state index contributed by atoms with van der Waals surface area (Å²) in [5.41, 5.74) is -0.400. The minimum absolute atomic E-state index is 0.0840. The molecule has 1 heterocycles. The van der Waals surface area contributed by atoms with E-state index in [2.05, 4.69) is 5.92 Å². The molecule has 104 valence electrons. The highest BCUT2D eigenvalue weighted by molar-refractivity contribution is 5.84. The third-order valence-electron chi connectivity index (χ3n) is 4.10. The standard InChI is InChI=1S/C15H20O4/c1-5-6-10(3)18-14(17)12-9(2)7-15(4)8-11(12)13(16)19-15/h1,9-12H,6-8H2,2-4H3/t9-,10+,11-,12+,15-/m0/s1. The van der Waals surface area contributed by atoms with Gasteiger partial charge in [0.15, 0.2) is 0 Å². The van der Waals surface area contributed by atoms with Gasteiger partial charge in [-0.1, -0.05) is 6.92 Å². The maximum Gasteiger partial charge on any atom is 0.310 e. The Hall–Kier alpha value is -1.50. The fourth-order valence-electron chi connectivity index (χ4n) is 3.39. The Morgan fingerprint density at radius 1 is 1.63 bits per heavy atom. The summed E-state index contributed by atoms with van der Waals surface area (Å²) < 4.78 is 10.7. The molecule has 2 bridgehead atoms. The quantitative estimate of drug-likeness (QED) is 0.577. The van der Waals surface area contributed by atoms with Crippen LogP contribution in [0, 0.1) is 30.1 Å². The highest BCUT2D eigenvalue weighted by Crippen LogP contribution is 2.48. The van der Waals surface area contributed by atoms with Crippen LogP contribution in [0.15, 0.2) is 0 Å². The third kappa shape index (κ3) is 2.60. The molecule has 0 aromatic carbocycles. The second-order valence-electron chi connectivity index (χ2n) is 6.04. The zero-order valence-corrected chi connectivity index (χ0v) is 11.6. The number of carbonyl (C=O) groups excluding carboxylic acids is 2. The van der Waals surface area contributed by atoms with Crippen molar-refractivity contribution >= 4 is 11.9 Å². The lowest BCUT2D eigenvalue weighted by Crippen LogP contribution is -2.41. The lowest BCUT2D eigenvalue weighted by molar-refractivity contribution is -0.160. The highest BCUT2D eigenvalue weighted by Gasteiger charge is 2.56. The number of terminal acetylenes is 1. The van der Waals surface area contributed by atoms with Crippen LogP contribution < -0.4 is 0 Å². The van der Waals surface area contributed by atoms with Gasteiger partial charge in [0, 0.05) is 12.8 Å². The van der Waals surface area contributed by atoms with E-state index in [-0.39, 0.29) is 29.9 Å². The Morgan fingerprint density at radius 3 is 2.95 bits per heavy atom. The summed E-state index contributed by atoms with van der Waals surface area (Å²) in [6.07, 6.45) is 6.59. The van der Waals surface area contributed by atoms with Crippen molar-refractivity contribution < 1.29 is 19.1 Å². The molecule has 0 aromatic heterocycles. The van der Waals surface area contributed by atoms with E-state index < -0.39 is 11.5 Å². The molecular formula is C15H20O4. The van der Waals surface area contributed by atoms with E-state index in [1.165, 1.54) is 0 Å². The Bertz CT molecular complexity index is 436.